The fourth-order valence-corrected chi connectivity index (χ4v) is 3.52. The average molecular weight is 475 g/mol. The van der Waals surface area contributed by atoms with E-state index in [2.05, 4.69) is 67.5 Å². The molecule has 0 aliphatic carbocycles. The molecule has 0 unspecified atom stereocenters. The van der Waals surface area contributed by atoms with Crippen molar-refractivity contribution in [1.82, 2.24) is 0 Å². The molecule has 1 fully saturated rings. The Morgan fingerprint density at radius 2 is 2.05 bits per heavy atom. The van der Waals surface area contributed by atoms with Gasteiger partial charge in [0, 0.05) is 22.7 Å². The lowest BCUT2D eigenvalue weighted by atomic mass is 10.2. The van der Waals surface area contributed by atoms with Gasteiger partial charge in [0.05, 0.1) is 29.6 Å². The van der Waals surface area contributed by atoms with E-state index in [0.717, 1.165) is 53.7 Å². The van der Waals surface area contributed by atoms with Crippen molar-refractivity contribution in [3.8, 4) is 0 Å². The van der Waals surface area contributed by atoms with Crippen LogP contribution in [0.3, 0.4) is 0 Å². The molecule has 0 radical (unpaired) electrons. The van der Waals surface area contributed by atoms with Crippen LogP contribution in [0.25, 0.3) is 0 Å². The van der Waals surface area contributed by atoms with E-state index in [4.69, 9.17) is 9.15 Å². The number of halogens is 2. The summed E-state index contributed by atoms with van der Waals surface area (Å²) in [4.78, 5) is 6.71. The van der Waals surface area contributed by atoms with E-state index < -0.39 is 0 Å². The molecule has 1 aromatic carbocycles. The molecule has 2 heterocycles. The summed E-state index contributed by atoms with van der Waals surface area (Å²) in [6, 6.07) is 8.15. The number of morpholine rings is 1. The van der Waals surface area contributed by atoms with Gasteiger partial charge in [-0.05, 0) is 69.2 Å². The minimum atomic E-state index is 0.735. The molecule has 0 spiro atoms. The Labute approximate surface area is 151 Å². The van der Waals surface area contributed by atoms with Gasteiger partial charge in [0.25, 0.3) is 0 Å². The highest BCUT2D eigenvalue weighted by Gasteiger charge is 2.18. The number of anilines is 1. The van der Waals surface area contributed by atoms with Gasteiger partial charge in [-0.3, -0.25) is 4.99 Å². The number of nitrogens with zero attached hydrogens (tertiary/aromatic N) is 2. The first kappa shape index (κ1) is 16.0. The average Bonchev–Trinajstić information content (AvgIpc) is 2.88. The third-order valence-corrected chi connectivity index (χ3v) is 4.71. The molecule has 0 atom stereocenters. The Kier molecular flexibility index (Phi) is 5.20. The standard InChI is InChI=1S/C16H16BrIN2O2/c1-11-8-12(18)2-3-15(11)19-10-13-9-14(17)16(22-13)20-4-6-21-7-5-20/h2-3,8-10H,4-7H2,1H3. The van der Waals surface area contributed by atoms with Gasteiger partial charge in [0.2, 0.25) is 5.88 Å². The van der Waals surface area contributed by atoms with Crippen LogP contribution < -0.4 is 4.90 Å². The second-order valence-corrected chi connectivity index (χ2v) is 7.19. The number of aryl methyl sites for hydroxylation is 1. The van der Waals surface area contributed by atoms with Crippen molar-refractivity contribution in [2.24, 2.45) is 4.99 Å². The summed E-state index contributed by atoms with van der Waals surface area (Å²) < 4.78 is 13.4. The first-order valence-electron chi connectivity index (χ1n) is 7.06. The molecule has 1 aliphatic heterocycles. The van der Waals surface area contributed by atoms with Gasteiger partial charge in [-0.1, -0.05) is 0 Å². The number of furan rings is 1. The Morgan fingerprint density at radius 3 is 2.77 bits per heavy atom. The van der Waals surface area contributed by atoms with Crippen LogP contribution in [-0.4, -0.2) is 32.5 Å². The SMILES string of the molecule is Cc1cc(I)ccc1N=Cc1cc(Br)c(N2CCOCC2)o1. The molecule has 22 heavy (non-hydrogen) atoms. The summed E-state index contributed by atoms with van der Waals surface area (Å²) in [5.74, 6) is 1.59. The maximum atomic E-state index is 5.91. The predicted molar refractivity (Wildman–Crippen MR) is 101 cm³/mol. The molecule has 3 rings (SSSR count). The van der Waals surface area contributed by atoms with Gasteiger partial charge in [0.1, 0.15) is 5.76 Å². The molecule has 2 aromatic rings. The van der Waals surface area contributed by atoms with Crippen molar-refractivity contribution < 1.29 is 9.15 Å². The molecular weight excluding hydrogens is 459 g/mol. The van der Waals surface area contributed by atoms with E-state index in [1.54, 1.807) is 6.21 Å². The van der Waals surface area contributed by atoms with Crippen molar-refractivity contribution >= 4 is 56.3 Å². The molecule has 0 amide bonds. The van der Waals surface area contributed by atoms with Crippen LogP contribution in [0.1, 0.15) is 11.3 Å². The van der Waals surface area contributed by atoms with Gasteiger partial charge in [-0.2, -0.15) is 0 Å². The van der Waals surface area contributed by atoms with Crippen LogP contribution in [-0.2, 0) is 4.74 Å². The van der Waals surface area contributed by atoms with Gasteiger partial charge in [-0.15, -0.1) is 0 Å². The van der Waals surface area contributed by atoms with Crippen LogP contribution in [0.15, 0.2) is 38.1 Å². The highest BCUT2D eigenvalue weighted by Crippen LogP contribution is 2.30. The lowest BCUT2D eigenvalue weighted by Gasteiger charge is -2.26. The van der Waals surface area contributed by atoms with Crippen molar-refractivity contribution in [2.45, 2.75) is 6.92 Å². The summed E-state index contributed by atoms with van der Waals surface area (Å²) in [6.07, 6.45) is 1.77. The predicted octanol–water partition coefficient (Wildman–Crippen LogP) is 4.54. The quantitative estimate of drug-likeness (QED) is 0.484. The summed E-state index contributed by atoms with van der Waals surface area (Å²) in [5, 5.41) is 0. The monoisotopic (exact) mass is 474 g/mol. The number of hydrogen-bond acceptors (Lipinski definition) is 4. The minimum Gasteiger partial charge on any atom is -0.438 e. The van der Waals surface area contributed by atoms with Crippen LogP contribution in [0.2, 0.25) is 0 Å². The minimum absolute atomic E-state index is 0.735. The van der Waals surface area contributed by atoms with Crippen LogP contribution in [0.5, 0.6) is 0 Å². The Balaban J connectivity index is 1.79. The molecule has 1 saturated heterocycles. The topological polar surface area (TPSA) is 38.0 Å². The van der Waals surface area contributed by atoms with Crippen molar-refractivity contribution in [3.63, 3.8) is 0 Å². The van der Waals surface area contributed by atoms with Crippen LogP contribution in [0, 0.1) is 10.5 Å². The Morgan fingerprint density at radius 1 is 1.27 bits per heavy atom. The molecule has 0 saturated carbocycles. The third kappa shape index (κ3) is 3.72. The molecular formula is C16H16BrIN2O2. The number of rotatable bonds is 3. The fourth-order valence-electron chi connectivity index (χ4n) is 2.32. The largest absolute Gasteiger partial charge is 0.438 e. The molecule has 1 aromatic heterocycles. The summed E-state index contributed by atoms with van der Waals surface area (Å²) >= 11 is 5.87. The second kappa shape index (κ2) is 7.14. The van der Waals surface area contributed by atoms with Gasteiger partial charge >= 0.3 is 0 Å². The van der Waals surface area contributed by atoms with Crippen molar-refractivity contribution in [1.29, 1.82) is 0 Å². The highest BCUT2D eigenvalue weighted by atomic mass is 127. The second-order valence-electron chi connectivity index (χ2n) is 5.09. The lowest BCUT2D eigenvalue weighted by Crippen LogP contribution is -2.36. The number of hydrogen-bond donors (Lipinski definition) is 0. The zero-order chi connectivity index (χ0) is 15.5. The highest BCUT2D eigenvalue weighted by molar-refractivity contribution is 14.1. The fraction of sp³-hybridized carbons (Fsp3) is 0.312. The van der Waals surface area contributed by atoms with Gasteiger partial charge in [-0.25, -0.2) is 0 Å². The summed E-state index contributed by atoms with van der Waals surface area (Å²) in [5.41, 5.74) is 2.11. The van der Waals surface area contributed by atoms with Crippen LogP contribution >= 0.6 is 38.5 Å². The molecule has 4 nitrogen and oxygen atoms in total. The van der Waals surface area contributed by atoms with E-state index >= 15 is 0 Å². The van der Waals surface area contributed by atoms with Crippen LogP contribution in [0.4, 0.5) is 11.6 Å². The summed E-state index contributed by atoms with van der Waals surface area (Å²) in [6.45, 7) is 5.22. The Bertz CT molecular complexity index is 693. The molecule has 116 valence electrons. The molecule has 0 bridgehead atoms. The maximum absolute atomic E-state index is 5.91. The molecule has 1 aliphatic rings. The number of ether oxygens (including phenoxy) is 1. The van der Waals surface area contributed by atoms with Crippen molar-refractivity contribution in [3.05, 3.63) is 43.6 Å². The lowest BCUT2D eigenvalue weighted by molar-refractivity contribution is 0.120. The zero-order valence-electron chi connectivity index (χ0n) is 12.2. The molecule has 6 heteroatoms. The van der Waals surface area contributed by atoms with E-state index in [9.17, 15) is 0 Å². The van der Waals surface area contributed by atoms with E-state index in [0.29, 0.717) is 0 Å². The van der Waals surface area contributed by atoms with E-state index in [-0.39, 0.29) is 0 Å². The third-order valence-electron chi connectivity index (χ3n) is 3.48. The zero-order valence-corrected chi connectivity index (χ0v) is 15.9. The summed E-state index contributed by atoms with van der Waals surface area (Å²) in [7, 11) is 0. The van der Waals surface area contributed by atoms with Gasteiger partial charge in [0.15, 0.2) is 0 Å². The molecule has 0 N–H and O–H groups in total. The normalized spacial score (nSPS) is 15.7. The number of benzene rings is 1. The first-order chi connectivity index (χ1) is 10.6. The van der Waals surface area contributed by atoms with E-state index in [1.807, 2.05) is 12.1 Å². The van der Waals surface area contributed by atoms with Gasteiger partial charge < -0.3 is 14.1 Å². The first-order valence-corrected chi connectivity index (χ1v) is 8.93. The smallest absolute Gasteiger partial charge is 0.210 e. The van der Waals surface area contributed by atoms with E-state index in [1.165, 1.54) is 3.57 Å². The van der Waals surface area contributed by atoms with Crippen molar-refractivity contribution in [2.75, 3.05) is 31.2 Å². The maximum Gasteiger partial charge on any atom is 0.210 e. The number of aliphatic imine (C=N–C) groups is 1. The Hall–Kier alpha value is -0.860.